The molecule has 0 saturated carbocycles. The third kappa shape index (κ3) is 3.44. The van der Waals surface area contributed by atoms with Crippen molar-refractivity contribution in [2.24, 2.45) is 0 Å². The van der Waals surface area contributed by atoms with Crippen LogP contribution in [0.25, 0.3) is 0 Å². The Labute approximate surface area is 112 Å². The van der Waals surface area contributed by atoms with E-state index in [0.29, 0.717) is 5.01 Å². The molecule has 1 heterocycles. The van der Waals surface area contributed by atoms with Crippen LogP contribution in [-0.2, 0) is 19.2 Å². The average molecular weight is 288 g/mol. The van der Waals surface area contributed by atoms with Crippen molar-refractivity contribution in [3.8, 4) is 5.75 Å². The van der Waals surface area contributed by atoms with Crippen LogP contribution in [0.5, 0.6) is 5.75 Å². The number of aromatic nitrogens is 2. The summed E-state index contributed by atoms with van der Waals surface area (Å²) in [6, 6.07) is 5.12. The highest BCUT2D eigenvalue weighted by Crippen LogP contribution is 2.36. The fraction of sp³-hybridized carbons (Fsp3) is 0.333. The molecule has 0 aliphatic heterocycles. The van der Waals surface area contributed by atoms with Crippen LogP contribution in [-0.4, -0.2) is 10.2 Å². The van der Waals surface area contributed by atoms with Crippen molar-refractivity contribution in [3.05, 3.63) is 39.8 Å². The lowest BCUT2D eigenvalue weighted by Crippen LogP contribution is -2.08. The summed E-state index contributed by atoms with van der Waals surface area (Å²) in [6.07, 6.45) is -3.68. The van der Waals surface area contributed by atoms with Gasteiger partial charge in [-0.05, 0) is 18.6 Å². The van der Waals surface area contributed by atoms with E-state index in [0.717, 1.165) is 17.5 Å². The lowest BCUT2D eigenvalue weighted by molar-refractivity contribution is -0.139. The number of nitrogens with zero attached hydrogens (tertiary/aromatic N) is 2. The summed E-state index contributed by atoms with van der Waals surface area (Å²) in [5.74, 6) is -0.191. The van der Waals surface area contributed by atoms with Crippen LogP contribution in [0.3, 0.4) is 0 Å². The molecule has 0 amide bonds. The number of hydrogen-bond donors (Lipinski definition) is 0. The number of para-hydroxylation sites is 1. The molecule has 0 fully saturated rings. The van der Waals surface area contributed by atoms with Gasteiger partial charge in [0, 0.05) is 0 Å². The van der Waals surface area contributed by atoms with Crippen molar-refractivity contribution in [2.75, 3.05) is 0 Å². The molecule has 0 N–H and O–H groups in total. The van der Waals surface area contributed by atoms with Crippen molar-refractivity contribution in [1.82, 2.24) is 10.2 Å². The van der Waals surface area contributed by atoms with Crippen LogP contribution in [0.4, 0.5) is 13.2 Å². The smallest absolute Gasteiger partial charge is 0.419 e. The highest BCUT2D eigenvalue weighted by Gasteiger charge is 2.34. The molecule has 102 valence electrons. The summed E-state index contributed by atoms with van der Waals surface area (Å²) in [6.45, 7) is 1.93. The third-order valence-electron chi connectivity index (χ3n) is 2.35. The van der Waals surface area contributed by atoms with E-state index in [1.165, 1.54) is 29.5 Å². The minimum absolute atomic E-state index is 0.00917. The van der Waals surface area contributed by atoms with Crippen LogP contribution < -0.4 is 4.74 Å². The zero-order valence-electron chi connectivity index (χ0n) is 10.1. The molecule has 0 atom stereocenters. The number of rotatable bonds is 4. The molecule has 0 spiro atoms. The van der Waals surface area contributed by atoms with Gasteiger partial charge in [-0.1, -0.05) is 30.4 Å². The summed E-state index contributed by atoms with van der Waals surface area (Å²) >= 11 is 1.34. The monoisotopic (exact) mass is 288 g/mol. The van der Waals surface area contributed by atoms with Gasteiger partial charge in [-0.3, -0.25) is 0 Å². The zero-order valence-corrected chi connectivity index (χ0v) is 10.9. The standard InChI is InChI=1S/C12H11F3N2OS/c1-2-10-16-17-11(19-10)7-18-9-6-4-3-5-8(9)12(13,14)15/h3-6H,2,7H2,1H3. The molecule has 2 aromatic rings. The van der Waals surface area contributed by atoms with Crippen LogP contribution in [0.2, 0.25) is 0 Å². The van der Waals surface area contributed by atoms with Crippen molar-refractivity contribution in [2.45, 2.75) is 26.1 Å². The number of hydrogen-bond acceptors (Lipinski definition) is 4. The lowest BCUT2D eigenvalue weighted by Gasteiger charge is -2.12. The Bertz CT molecular complexity index is 554. The van der Waals surface area contributed by atoms with E-state index in [1.54, 1.807) is 0 Å². The van der Waals surface area contributed by atoms with Gasteiger partial charge in [0.2, 0.25) is 0 Å². The molecule has 1 aromatic carbocycles. The lowest BCUT2D eigenvalue weighted by atomic mass is 10.2. The Morgan fingerprint density at radius 2 is 1.84 bits per heavy atom. The van der Waals surface area contributed by atoms with Gasteiger partial charge in [-0.2, -0.15) is 13.2 Å². The van der Waals surface area contributed by atoms with E-state index < -0.39 is 11.7 Å². The molecule has 0 unspecified atom stereocenters. The molecule has 0 bridgehead atoms. The quantitative estimate of drug-likeness (QED) is 0.860. The summed E-state index contributed by atoms with van der Waals surface area (Å²) in [5.41, 5.74) is -0.782. The molecule has 0 aliphatic rings. The molecule has 0 aliphatic carbocycles. The Kier molecular flexibility index (Phi) is 4.04. The van der Waals surface area contributed by atoms with E-state index in [-0.39, 0.29) is 12.4 Å². The van der Waals surface area contributed by atoms with Crippen molar-refractivity contribution >= 4 is 11.3 Å². The largest absolute Gasteiger partial charge is 0.486 e. The first-order valence-electron chi connectivity index (χ1n) is 5.61. The van der Waals surface area contributed by atoms with Gasteiger partial charge >= 0.3 is 6.18 Å². The third-order valence-corrected chi connectivity index (χ3v) is 3.40. The van der Waals surface area contributed by atoms with Gasteiger partial charge in [-0.15, -0.1) is 10.2 Å². The van der Waals surface area contributed by atoms with Crippen LogP contribution >= 0.6 is 11.3 Å². The fourth-order valence-corrected chi connectivity index (χ4v) is 2.15. The van der Waals surface area contributed by atoms with Crippen LogP contribution in [0.15, 0.2) is 24.3 Å². The molecular formula is C12H11F3N2OS. The van der Waals surface area contributed by atoms with Gasteiger partial charge in [0.1, 0.15) is 17.4 Å². The maximum atomic E-state index is 12.7. The van der Waals surface area contributed by atoms with Gasteiger partial charge in [0.15, 0.2) is 5.01 Å². The predicted octanol–water partition coefficient (Wildman–Crippen LogP) is 3.70. The van der Waals surface area contributed by atoms with Gasteiger partial charge in [0.25, 0.3) is 0 Å². The Morgan fingerprint density at radius 3 is 2.47 bits per heavy atom. The number of halogens is 3. The van der Waals surface area contributed by atoms with E-state index in [2.05, 4.69) is 10.2 Å². The molecule has 7 heteroatoms. The zero-order chi connectivity index (χ0) is 13.9. The summed E-state index contributed by atoms with van der Waals surface area (Å²) in [7, 11) is 0. The van der Waals surface area contributed by atoms with E-state index in [9.17, 15) is 13.2 Å². The highest BCUT2D eigenvalue weighted by molar-refractivity contribution is 7.11. The first-order valence-corrected chi connectivity index (χ1v) is 6.42. The first kappa shape index (κ1) is 13.8. The van der Waals surface area contributed by atoms with Crippen molar-refractivity contribution < 1.29 is 17.9 Å². The van der Waals surface area contributed by atoms with Crippen molar-refractivity contribution in [3.63, 3.8) is 0 Å². The number of benzene rings is 1. The van der Waals surface area contributed by atoms with E-state index in [1.807, 2.05) is 6.92 Å². The fourth-order valence-electron chi connectivity index (χ4n) is 1.46. The second-order valence-corrected chi connectivity index (χ2v) is 4.87. The average Bonchev–Trinajstić information content (AvgIpc) is 2.83. The maximum Gasteiger partial charge on any atom is 0.419 e. The Balaban J connectivity index is 2.11. The summed E-state index contributed by atoms with van der Waals surface area (Å²) in [5, 5.41) is 9.14. The minimum atomic E-state index is -4.42. The number of aryl methyl sites for hydroxylation is 1. The summed E-state index contributed by atoms with van der Waals surface area (Å²) < 4.78 is 43.4. The van der Waals surface area contributed by atoms with E-state index in [4.69, 9.17) is 4.74 Å². The second kappa shape index (κ2) is 5.56. The Hall–Kier alpha value is -1.63. The van der Waals surface area contributed by atoms with Gasteiger partial charge < -0.3 is 4.74 Å². The number of alkyl halides is 3. The number of ether oxygens (including phenoxy) is 1. The molecule has 0 radical (unpaired) electrons. The predicted molar refractivity (Wildman–Crippen MR) is 65.1 cm³/mol. The molecule has 0 saturated heterocycles. The second-order valence-electron chi connectivity index (χ2n) is 3.73. The van der Waals surface area contributed by atoms with E-state index >= 15 is 0 Å². The molecule has 19 heavy (non-hydrogen) atoms. The SMILES string of the molecule is CCc1nnc(COc2ccccc2C(F)(F)F)s1. The topological polar surface area (TPSA) is 35.0 Å². The van der Waals surface area contributed by atoms with Crippen LogP contribution in [0, 0.1) is 0 Å². The Morgan fingerprint density at radius 1 is 1.16 bits per heavy atom. The van der Waals surface area contributed by atoms with Gasteiger partial charge in [-0.25, -0.2) is 0 Å². The highest BCUT2D eigenvalue weighted by atomic mass is 32.1. The normalized spacial score (nSPS) is 11.6. The molecule has 1 aromatic heterocycles. The molecule has 2 rings (SSSR count). The summed E-state index contributed by atoms with van der Waals surface area (Å²) in [4.78, 5) is 0. The molecule has 3 nitrogen and oxygen atoms in total. The minimum Gasteiger partial charge on any atom is -0.486 e. The maximum absolute atomic E-state index is 12.7. The molecular weight excluding hydrogens is 277 g/mol. The van der Waals surface area contributed by atoms with Crippen molar-refractivity contribution in [1.29, 1.82) is 0 Å². The first-order chi connectivity index (χ1) is 9.00. The van der Waals surface area contributed by atoms with Crippen LogP contribution in [0.1, 0.15) is 22.5 Å². The van der Waals surface area contributed by atoms with Gasteiger partial charge in [0.05, 0.1) is 5.56 Å².